The number of nitrogens with two attached hydrogens (primary N) is 1. The molecule has 1 rings (SSSR count). The summed E-state index contributed by atoms with van der Waals surface area (Å²) < 4.78 is 21.2. The molecule has 1 aromatic heterocycles. The summed E-state index contributed by atoms with van der Waals surface area (Å²) in [5.41, 5.74) is 0. The van der Waals surface area contributed by atoms with E-state index in [0.717, 1.165) is 0 Å². The normalized spacial score (nSPS) is 11.3. The van der Waals surface area contributed by atoms with Gasteiger partial charge in [0.1, 0.15) is 0 Å². The molecule has 0 aliphatic rings. The molecule has 4 nitrogen and oxygen atoms in total. The van der Waals surface area contributed by atoms with Gasteiger partial charge in [-0.3, -0.25) is 0 Å². The smallest absolute Gasteiger partial charge is 0.219 e. The second-order valence-electron chi connectivity index (χ2n) is 1.77. The number of H-pyrrole nitrogens is 1. The number of sulfonamides is 1. The summed E-state index contributed by atoms with van der Waals surface area (Å²) in [6.07, 6.45) is 1.50. The molecule has 0 fully saturated rings. The van der Waals surface area contributed by atoms with Crippen LogP contribution in [0.15, 0.2) is 29.4 Å². The van der Waals surface area contributed by atoms with Crippen molar-refractivity contribution >= 4 is 10.0 Å². The minimum atomic E-state index is -3.56. The number of nitrogens with one attached hydrogen (secondary N) is 1. The number of rotatable bonds is 1. The van der Waals surface area contributed by atoms with Crippen LogP contribution >= 0.6 is 0 Å². The van der Waals surface area contributed by atoms with E-state index in [1.165, 1.54) is 12.3 Å². The highest BCUT2D eigenvalue weighted by molar-refractivity contribution is 7.89. The summed E-state index contributed by atoms with van der Waals surface area (Å²) in [5.74, 6) is 0. The van der Waals surface area contributed by atoms with Crippen LogP contribution < -0.4 is 10.1 Å². The van der Waals surface area contributed by atoms with Crippen LogP contribution in [0.3, 0.4) is 0 Å². The fourth-order valence-corrected chi connectivity index (χ4v) is 1.05. The van der Waals surface area contributed by atoms with Gasteiger partial charge >= 0.3 is 5.03 Å². The van der Waals surface area contributed by atoms with E-state index in [1.807, 2.05) is 0 Å². The van der Waals surface area contributed by atoms with Gasteiger partial charge in [0.05, 0.1) is 0 Å². The molecule has 10 heavy (non-hydrogen) atoms. The first-order valence-electron chi connectivity index (χ1n) is 2.60. The SMILES string of the molecule is NS(=O)(=O)c1cccc[nH+]1. The third-order valence-electron chi connectivity index (χ3n) is 0.987. The molecule has 0 aliphatic carbocycles. The van der Waals surface area contributed by atoms with Crippen LogP contribution in [0.5, 0.6) is 0 Å². The summed E-state index contributed by atoms with van der Waals surface area (Å²) in [6, 6.07) is 4.67. The molecule has 3 N–H and O–H groups in total. The monoisotopic (exact) mass is 159 g/mol. The van der Waals surface area contributed by atoms with E-state index in [4.69, 9.17) is 5.14 Å². The van der Waals surface area contributed by atoms with Gasteiger partial charge in [-0.05, 0) is 6.07 Å². The predicted octanol–water partition coefficient (Wildman–Crippen LogP) is -0.852. The lowest BCUT2D eigenvalue weighted by molar-refractivity contribution is -0.428. The van der Waals surface area contributed by atoms with Crippen molar-refractivity contribution in [1.29, 1.82) is 0 Å². The maximum absolute atomic E-state index is 10.6. The Labute approximate surface area is 58.8 Å². The molecule has 0 unspecified atom stereocenters. The first kappa shape index (κ1) is 7.17. The minimum absolute atomic E-state index is 0.0231. The maximum Gasteiger partial charge on any atom is 0.310 e. The van der Waals surface area contributed by atoms with Gasteiger partial charge in [-0.25, -0.2) is 18.5 Å². The fraction of sp³-hybridized carbons (Fsp3) is 0. The van der Waals surface area contributed by atoms with Crippen LogP contribution in [0.2, 0.25) is 0 Å². The number of primary sulfonamides is 1. The molecule has 0 spiro atoms. The number of hydrogen-bond donors (Lipinski definition) is 1. The number of pyridine rings is 1. The van der Waals surface area contributed by atoms with Crippen LogP contribution in [0.25, 0.3) is 0 Å². The minimum Gasteiger partial charge on any atom is -0.219 e. The molecule has 0 saturated carbocycles. The molecule has 0 bridgehead atoms. The molecule has 1 heterocycles. The summed E-state index contributed by atoms with van der Waals surface area (Å²) >= 11 is 0. The average Bonchev–Trinajstić information content (AvgIpc) is 1.88. The van der Waals surface area contributed by atoms with E-state index < -0.39 is 10.0 Å². The molecule has 0 saturated heterocycles. The zero-order valence-corrected chi connectivity index (χ0v) is 5.93. The number of aromatic amines is 1. The maximum atomic E-state index is 10.6. The quantitative estimate of drug-likeness (QED) is 0.579. The summed E-state index contributed by atoms with van der Waals surface area (Å²) in [6.45, 7) is 0. The lowest BCUT2D eigenvalue weighted by atomic mass is 10.5. The molecule has 0 aliphatic heterocycles. The first-order chi connectivity index (χ1) is 4.61. The third kappa shape index (κ3) is 1.52. The second kappa shape index (κ2) is 2.36. The summed E-state index contributed by atoms with van der Waals surface area (Å²) in [7, 11) is -3.56. The lowest BCUT2D eigenvalue weighted by Crippen LogP contribution is -2.22. The number of hydrogen-bond acceptors (Lipinski definition) is 2. The van der Waals surface area contributed by atoms with Crippen molar-refractivity contribution in [2.24, 2.45) is 5.14 Å². The van der Waals surface area contributed by atoms with Gasteiger partial charge in [-0.1, -0.05) is 0 Å². The topological polar surface area (TPSA) is 74.3 Å². The molecule has 1 aromatic rings. The molecule has 0 atom stereocenters. The fourth-order valence-electron chi connectivity index (χ4n) is 0.554. The Bertz CT molecular complexity index is 306. The standard InChI is InChI=1S/C5H6N2O2S/c6-10(8,9)5-3-1-2-4-7-5/h1-4H,(H2,6,8,9)/p+1. The molecule has 54 valence electrons. The summed E-state index contributed by atoms with van der Waals surface area (Å²) in [5, 5.41) is 4.82. The Morgan fingerprint density at radius 1 is 1.40 bits per heavy atom. The largest absolute Gasteiger partial charge is 0.310 e. The van der Waals surface area contributed by atoms with Gasteiger partial charge in [0.2, 0.25) is 0 Å². The van der Waals surface area contributed by atoms with Gasteiger partial charge < -0.3 is 0 Å². The third-order valence-corrected chi connectivity index (χ3v) is 1.85. The Morgan fingerprint density at radius 2 is 2.10 bits per heavy atom. The Morgan fingerprint density at radius 3 is 2.40 bits per heavy atom. The molecular weight excluding hydrogens is 152 g/mol. The van der Waals surface area contributed by atoms with Crippen molar-refractivity contribution in [3.05, 3.63) is 24.4 Å². The van der Waals surface area contributed by atoms with Crippen molar-refractivity contribution in [2.75, 3.05) is 0 Å². The van der Waals surface area contributed by atoms with Crippen molar-refractivity contribution in [1.82, 2.24) is 0 Å². The number of aromatic nitrogens is 1. The van der Waals surface area contributed by atoms with E-state index >= 15 is 0 Å². The molecule has 0 aromatic carbocycles. The zero-order valence-electron chi connectivity index (χ0n) is 5.11. The zero-order chi connectivity index (χ0) is 7.61. The molecular formula is C5H7N2O2S+. The Hall–Kier alpha value is -0.940. The van der Waals surface area contributed by atoms with Gasteiger partial charge in [0.25, 0.3) is 10.0 Å². The van der Waals surface area contributed by atoms with Crippen molar-refractivity contribution < 1.29 is 13.4 Å². The van der Waals surface area contributed by atoms with E-state index in [1.54, 1.807) is 12.1 Å². The van der Waals surface area contributed by atoms with Crippen LogP contribution in [0.4, 0.5) is 0 Å². The van der Waals surface area contributed by atoms with Gasteiger partial charge in [0, 0.05) is 12.1 Å². The highest BCUT2D eigenvalue weighted by atomic mass is 32.2. The first-order valence-corrected chi connectivity index (χ1v) is 4.15. The van der Waals surface area contributed by atoms with Crippen molar-refractivity contribution in [3.8, 4) is 0 Å². The van der Waals surface area contributed by atoms with Crippen LogP contribution in [-0.4, -0.2) is 8.42 Å². The second-order valence-corrected chi connectivity index (χ2v) is 3.30. The van der Waals surface area contributed by atoms with Crippen LogP contribution in [0.1, 0.15) is 0 Å². The van der Waals surface area contributed by atoms with Gasteiger partial charge in [0.15, 0.2) is 6.20 Å². The average molecular weight is 159 g/mol. The van der Waals surface area contributed by atoms with E-state index in [9.17, 15) is 8.42 Å². The Balaban J connectivity index is 3.22. The van der Waals surface area contributed by atoms with E-state index in [-0.39, 0.29) is 5.03 Å². The Kier molecular flexibility index (Phi) is 1.69. The van der Waals surface area contributed by atoms with Crippen LogP contribution in [0, 0.1) is 0 Å². The van der Waals surface area contributed by atoms with Gasteiger partial charge in [-0.2, -0.15) is 0 Å². The highest BCUT2D eigenvalue weighted by Crippen LogP contribution is 1.93. The highest BCUT2D eigenvalue weighted by Gasteiger charge is 2.12. The van der Waals surface area contributed by atoms with Crippen molar-refractivity contribution in [2.45, 2.75) is 5.03 Å². The lowest BCUT2D eigenvalue weighted by Gasteiger charge is -1.86. The van der Waals surface area contributed by atoms with Gasteiger partial charge in [-0.15, -0.1) is 0 Å². The molecule has 0 amide bonds. The van der Waals surface area contributed by atoms with Crippen LogP contribution in [-0.2, 0) is 10.0 Å². The van der Waals surface area contributed by atoms with Crippen molar-refractivity contribution in [3.63, 3.8) is 0 Å². The molecule has 0 radical (unpaired) electrons. The predicted molar refractivity (Wildman–Crippen MR) is 34.4 cm³/mol. The molecule has 5 heteroatoms. The summed E-state index contributed by atoms with van der Waals surface area (Å²) in [4.78, 5) is 2.50. The van der Waals surface area contributed by atoms with E-state index in [0.29, 0.717) is 0 Å². The van der Waals surface area contributed by atoms with E-state index in [2.05, 4.69) is 4.98 Å².